The number of likely N-dealkylation sites (N-methyl/N-ethyl adjacent to an activating group) is 1. The van der Waals surface area contributed by atoms with E-state index in [4.69, 9.17) is 16.7 Å². The lowest BCUT2D eigenvalue weighted by Crippen LogP contribution is -2.22. The predicted molar refractivity (Wildman–Crippen MR) is 72.8 cm³/mol. The molecule has 0 aliphatic heterocycles. The van der Waals surface area contributed by atoms with E-state index in [2.05, 4.69) is 9.97 Å². The minimum Gasteiger partial charge on any atom is -0.395 e. The molecule has 1 N–H and O–H groups in total. The normalized spacial score (nSPS) is 10.4. The fraction of sp³-hybridized carbons (Fsp3) is 0.231. The Bertz CT molecular complexity index is 519. The molecule has 0 unspecified atom stereocenters. The van der Waals surface area contributed by atoms with Crippen LogP contribution in [0.5, 0.6) is 0 Å². The summed E-state index contributed by atoms with van der Waals surface area (Å²) in [6, 6.07) is 11.3. The molecule has 0 saturated heterocycles. The van der Waals surface area contributed by atoms with Crippen LogP contribution in [0.3, 0.4) is 0 Å². The van der Waals surface area contributed by atoms with Gasteiger partial charge in [-0.05, 0) is 0 Å². The second kappa shape index (κ2) is 5.80. The number of benzene rings is 1. The van der Waals surface area contributed by atoms with Crippen molar-refractivity contribution in [3.63, 3.8) is 0 Å². The van der Waals surface area contributed by atoms with Crippen molar-refractivity contribution in [1.82, 2.24) is 9.97 Å². The van der Waals surface area contributed by atoms with Crippen molar-refractivity contribution in [2.45, 2.75) is 0 Å². The first-order chi connectivity index (χ1) is 8.70. The maximum absolute atomic E-state index is 8.94. The van der Waals surface area contributed by atoms with Crippen molar-refractivity contribution in [2.75, 3.05) is 25.1 Å². The van der Waals surface area contributed by atoms with Crippen molar-refractivity contribution in [3.05, 3.63) is 41.6 Å². The van der Waals surface area contributed by atoms with Gasteiger partial charge < -0.3 is 10.0 Å². The lowest BCUT2D eigenvalue weighted by atomic mass is 10.2. The third kappa shape index (κ3) is 2.97. The third-order valence-electron chi connectivity index (χ3n) is 2.54. The van der Waals surface area contributed by atoms with Gasteiger partial charge in [-0.3, -0.25) is 0 Å². The van der Waals surface area contributed by atoms with Gasteiger partial charge in [0.2, 0.25) is 0 Å². The molecule has 4 nitrogen and oxygen atoms in total. The molecule has 5 heteroatoms. The summed E-state index contributed by atoms with van der Waals surface area (Å²) in [6.45, 7) is 0.570. The summed E-state index contributed by atoms with van der Waals surface area (Å²) < 4.78 is 0. The number of nitrogens with zero attached hydrogens (tertiary/aromatic N) is 3. The van der Waals surface area contributed by atoms with E-state index in [0.717, 1.165) is 5.56 Å². The Hall–Kier alpha value is -1.65. The second-order valence-corrected chi connectivity index (χ2v) is 4.27. The highest BCUT2D eigenvalue weighted by Crippen LogP contribution is 2.21. The van der Waals surface area contributed by atoms with Gasteiger partial charge in [-0.15, -0.1) is 0 Å². The Morgan fingerprint density at radius 2 is 1.94 bits per heavy atom. The van der Waals surface area contributed by atoms with Gasteiger partial charge in [-0.1, -0.05) is 41.9 Å². The van der Waals surface area contributed by atoms with E-state index >= 15 is 0 Å². The Labute approximate surface area is 111 Å². The molecule has 1 aromatic carbocycles. The van der Waals surface area contributed by atoms with Gasteiger partial charge in [0.05, 0.1) is 6.61 Å². The molecule has 1 aromatic heterocycles. The number of hydrogen-bond donors (Lipinski definition) is 1. The minimum absolute atomic E-state index is 0.0682. The average Bonchev–Trinajstić information content (AvgIpc) is 2.39. The first kappa shape index (κ1) is 12.8. The van der Waals surface area contributed by atoms with Crippen LogP contribution in [0.4, 0.5) is 5.82 Å². The number of aliphatic hydroxyl groups is 1. The second-order valence-electron chi connectivity index (χ2n) is 3.88. The molecule has 0 fully saturated rings. The van der Waals surface area contributed by atoms with E-state index < -0.39 is 0 Å². The first-order valence-corrected chi connectivity index (χ1v) is 6.00. The molecule has 18 heavy (non-hydrogen) atoms. The number of aliphatic hydroxyl groups excluding tert-OH is 1. The quantitative estimate of drug-likeness (QED) is 0.860. The Morgan fingerprint density at radius 3 is 2.61 bits per heavy atom. The summed E-state index contributed by atoms with van der Waals surface area (Å²) in [5.74, 6) is 1.28. The zero-order valence-corrected chi connectivity index (χ0v) is 10.8. The molecular formula is C13H14ClN3O. The summed E-state index contributed by atoms with van der Waals surface area (Å²) in [4.78, 5) is 10.5. The predicted octanol–water partition coefficient (Wildman–Crippen LogP) is 2.23. The van der Waals surface area contributed by atoms with E-state index in [-0.39, 0.29) is 6.61 Å². The van der Waals surface area contributed by atoms with Crippen molar-refractivity contribution >= 4 is 17.4 Å². The third-order valence-corrected chi connectivity index (χ3v) is 2.73. The molecule has 0 amide bonds. The lowest BCUT2D eigenvalue weighted by molar-refractivity contribution is 0.304. The minimum atomic E-state index is 0.0682. The smallest absolute Gasteiger partial charge is 0.163 e. The molecule has 0 atom stereocenters. The van der Waals surface area contributed by atoms with Crippen LogP contribution in [0.25, 0.3) is 11.4 Å². The number of anilines is 1. The van der Waals surface area contributed by atoms with Gasteiger partial charge in [0.25, 0.3) is 0 Å². The standard InChI is InChI=1S/C13H14ClN3O/c1-17(7-8-18)12-9-11(14)15-13(16-12)10-5-3-2-4-6-10/h2-6,9,18H,7-8H2,1H3. The maximum atomic E-state index is 8.94. The van der Waals surface area contributed by atoms with Crippen LogP contribution in [0, 0.1) is 0 Å². The molecule has 0 saturated carbocycles. The van der Waals surface area contributed by atoms with Crippen LogP contribution in [0.15, 0.2) is 36.4 Å². The SMILES string of the molecule is CN(CCO)c1cc(Cl)nc(-c2ccccc2)n1. The Balaban J connectivity index is 2.38. The average molecular weight is 264 g/mol. The van der Waals surface area contributed by atoms with Crippen molar-refractivity contribution < 1.29 is 5.11 Å². The molecule has 0 radical (unpaired) electrons. The van der Waals surface area contributed by atoms with E-state index in [9.17, 15) is 0 Å². The van der Waals surface area contributed by atoms with Gasteiger partial charge >= 0.3 is 0 Å². The summed E-state index contributed by atoms with van der Waals surface area (Å²) >= 11 is 6.00. The van der Waals surface area contributed by atoms with Gasteiger partial charge in [-0.25, -0.2) is 9.97 Å². The van der Waals surface area contributed by atoms with E-state index in [0.29, 0.717) is 23.3 Å². The highest BCUT2D eigenvalue weighted by molar-refractivity contribution is 6.29. The van der Waals surface area contributed by atoms with Crippen LogP contribution < -0.4 is 4.90 Å². The summed E-state index contributed by atoms with van der Waals surface area (Å²) in [5, 5.41) is 9.33. The van der Waals surface area contributed by atoms with Crippen LogP contribution in [-0.4, -0.2) is 35.3 Å². The van der Waals surface area contributed by atoms with E-state index in [1.807, 2.05) is 42.3 Å². The fourth-order valence-corrected chi connectivity index (χ4v) is 1.76. The zero-order valence-electron chi connectivity index (χ0n) is 10.0. The van der Waals surface area contributed by atoms with Crippen molar-refractivity contribution in [2.24, 2.45) is 0 Å². The number of rotatable bonds is 4. The number of aromatic nitrogens is 2. The van der Waals surface area contributed by atoms with Crippen LogP contribution in [0.1, 0.15) is 0 Å². The molecular weight excluding hydrogens is 250 g/mol. The van der Waals surface area contributed by atoms with Gasteiger partial charge in [0, 0.05) is 25.2 Å². The lowest BCUT2D eigenvalue weighted by Gasteiger charge is -2.17. The molecule has 0 bridgehead atoms. The molecule has 0 aliphatic rings. The molecule has 1 heterocycles. The molecule has 2 aromatic rings. The summed E-state index contributed by atoms with van der Waals surface area (Å²) in [7, 11) is 1.85. The highest BCUT2D eigenvalue weighted by atomic mass is 35.5. The van der Waals surface area contributed by atoms with E-state index in [1.165, 1.54) is 0 Å². The number of halogens is 1. The maximum Gasteiger partial charge on any atom is 0.163 e. The van der Waals surface area contributed by atoms with Crippen LogP contribution in [-0.2, 0) is 0 Å². The number of hydrogen-bond acceptors (Lipinski definition) is 4. The fourth-order valence-electron chi connectivity index (χ4n) is 1.58. The summed E-state index contributed by atoms with van der Waals surface area (Å²) in [5.41, 5.74) is 0.915. The van der Waals surface area contributed by atoms with Gasteiger partial charge in [-0.2, -0.15) is 0 Å². The molecule has 2 rings (SSSR count). The summed E-state index contributed by atoms with van der Waals surface area (Å²) in [6.07, 6.45) is 0. The molecule has 94 valence electrons. The van der Waals surface area contributed by atoms with Crippen molar-refractivity contribution in [1.29, 1.82) is 0 Å². The zero-order chi connectivity index (χ0) is 13.0. The molecule has 0 aliphatic carbocycles. The van der Waals surface area contributed by atoms with Gasteiger partial charge in [0.15, 0.2) is 5.82 Å². The van der Waals surface area contributed by atoms with Crippen LogP contribution in [0.2, 0.25) is 5.15 Å². The van der Waals surface area contributed by atoms with Gasteiger partial charge in [0.1, 0.15) is 11.0 Å². The highest BCUT2D eigenvalue weighted by Gasteiger charge is 2.08. The molecule has 0 spiro atoms. The largest absolute Gasteiger partial charge is 0.395 e. The first-order valence-electron chi connectivity index (χ1n) is 5.62. The topological polar surface area (TPSA) is 49.2 Å². The monoisotopic (exact) mass is 263 g/mol. The van der Waals surface area contributed by atoms with Crippen LogP contribution >= 0.6 is 11.6 Å². The van der Waals surface area contributed by atoms with Crippen molar-refractivity contribution in [3.8, 4) is 11.4 Å². The Kier molecular flexibility index (Phi) is 4.12. The Morgan fingerprint density at radius 1 is 1.22 bits per heavy atom. The van der Waals surface area contributed by atoms with E-state index in [1.54, 1.807) is 6.07 Å².